The minimum Gasteiger partial charge on any atom is -0.465 e. The summed E-state index contributed by atoms with van der Waals surface area (Å²) < 4.78 is 42.8. The molecule has 3 heterocycles. The van der Waals surface area contributed by atoms with Crippen molar-refractivity contribution in [3.63, 3.8) is 0 Å². The number of pyridine rings is 1. The van der Waals surface area contributed by atoms with E-state index in [2.05, 4.69) is 15.3 Å². The van der Waals surface area contributed by atoms with Crippen LogP contribution in [0.1, 0.15) is 50.5 Å². The largest absolute Gasteiger partial charge is 0.465 e. The highest BCUT2D eigenvalue weighted by Crippen LogP contribution is 2.30. The van der Waals surface area contributed by atoms with Gasteiger partial charge in [0.1, 0.15) is 11.5 Å². The number of alkyl halides is 3. The molecule has 10 heteroatoms. The molecule has 2 aromatic heterocycles. The molecular weight excluding hydrogens is 401 g/mol. The molecule has 1 saturated heterocycles. The number of hydrogen-bond donors (Lipinski definition) is 2. The van der Waals surface area contributed by atoms with Crippen LogP contribution in [0.15, 0.2) is 18.3 Å². The average molecular weight is 424 g/mol. The first kappa shape index (κ1) is 21.7. The lowest BCUT2D eigenvalue weighted by Gasteiger charge is -2.33. The molecule has 0 unspecified atom stereocenters. The average Bonchev–Trinajstić information content (AvgIpc) is 3.01. The van der Waals surface area contributed by atoms with Crippen LogP contribution in [0.2, 0.25) is 0 Å². The SMILES string of the molecule is COC(=O)c1c(C)[nH]c(C(=O)NC2CCN(c3ccc(C(F)(F)F)cn3)CC2)c1C. The van der Waals surface area contributed by atoms with Gasteiger partial charge < -0.3 is 19.9 Å². The maximum absolute atomic E-state index is 12.7. The van der Waals surface area contributed by atoms with Gasteiger partial charge in [-0.2, -0.15) is 13.2 Å². The summed E-state index contributed by atoms with van der Waals surface area (Å²) in [6, 6.07) is 2.29. The van der Waals surface area contributed by atoms with Crippen molar-refractivity contribution in [2.45, 2.75) is 38.9 Å². The number of methoxy groups -OCH3 is 1. The second-order valence-electron chi connectivity index (χ2n) is 7.25. The highest BCUT2D eigenvalue weighted by Gasteiger charge is 2.31. The van der Waals surface area contributed by atoms with Crippen LogP contribution in [0.25, 0.3) is 0 Å². The van der Waals surface area contributed by atoms with Crippen molar-refractivity contribution in [3.8, 4) is 0 Å². The van der Waals surface area contributed by atoms with Crippen LogP contribution in [0.4, 0.5) is 19.0 Å². The number of ether oxygens (including phenoxy) is 1. The number of nitrogens with zero attached hydrogens (tertiary/aromatic N) is 2. The smallest absolute Gasteiger partial charge is 0.417 e. The first-order valence-electron chi connectivity index (χ1n) is 9.48. The molecule has 2 aromatic rings. The van der Waals surface area contributed by atoms with Gasteiger partial charge in [-0.1, -0.05) is 0 Å². The lowest BCUT2D eigenvalue weighted by atomic mass is 10.0. The number of carbonyl (C=O) groups is 2. The molecule has 3 rings (SSSR count). The topological polar surface area (TPSA) is 87.3 Å². The first-order valence-corrected chi connectivity index (χ1v) is 9.48. The second-order valence-corrected chi connectivity index (χ2v) is 7.25. The monoisotopic (exact) mass is 424 g/mol. The Kier molecular flexibility index (Phi) is 6.04. The van der Waals surface area contributed by atoms with E-state index in [9.17, 15) is 22.8 Å². The van der Waals surface area contributed by atoms with Gasteiger partial charge >= 0.3 is 12.1 Å². The summed E-state index contributed by atoms with van der Waals surface area (Å²) in [7, 11) is 1.28. The molecule has 0 aromatic carbocycles. The van der Waals surface area contributed by atoms with Crippen molar-refractivity contribution < 1.29 is 27.5 Å². The Bertz CT molecular complexity index is 930. The molecule has 0 aliphatic carbocycles. The molecule has 0 bridgehead atoms. The van der Waals surface area contributed by atoms with E-state index in [1.54, 1.807) is 13.8 Å². The number of anilines is 1. The molecule has 0 spiro atoms. The van der Waals surface area contributed by atoms with Crippen molar-refractivity contribution in [2.75, 3.05) is 25.1 Å². The maximum Gasteiger partial charge on any atom is 0.417 e. The number of H-pyrrole nitrogens is 1. The van der Waals surface area contributed by atoms with E-state index in [1.165, 1.54) is 13.2 Å². The number of carbonyl (C=O) groups excluding carboxylic acids is 2. The number of hydrogen-bond acceptors (Lipinski definition) is 5. The second kappa shape index (κ2) is 8.37. The molecule has 0 saturated carbocycles. The van der Waals surface area contributed by atoms with Crippen molar-refractivity contribution >= 4 is 17.7 Å². The third-order valence-electron chi connectivity index (χ3n) is 5.28. The Hall–Kier alpha value is -3.04. The number of aromatic amines is 1. The number of piperidine rings is 1. The quantitative estimate of drug-likeness (QED) is 0.736. The van der Waals surface area contributed by atoms with Crippen LogP contribution in [-0.2, 0) is 10.9 Å². The van der Waals surface area contributed by atoms with Gasteiger partial charge in [0, 0.05) is 31.0 Å². The predicted octanol–water partition coefficient (Wildman–Crippen LogP) is 3.23. The summed E-state index contributed by atoms with van der Waals surface area (Å²) in [5.41, 5.74) is 0.984. The zero-order chi connectivity index (χ0) is 22.1. The molecule has 1 fully saturated rings. The fourth-order valence-corrected chi connectivity index (χ4v) is 3.64. The Balaban J connectivity index is 1.60. The van der Waals surface area contributed by atoms with Gasteiger partial charge in [-0.15, -0.1) is 0 Å². The van der Waals surface area contributed by atoms with Crippen LogP contribution in [0.5, 0.6) is 0 Å². The highest BCUT2D eigenvalue weighted by molar-refractivity contribution is 6.00. The van der Waals surface area contributed by atoms with Crippen LogP contribution < -0.4 is 10.2 Å². The zero-order valence-electron chi connectivity index (χ0n) is 16.9. The fourth-order valence-electron chi connectivity index (χ4n) is 3.64. The molecule has 7 nitrogen and oxygen atoms in total. The Morgan fingerprint density at radius 3 is 2.43 bits per heavy atom. The van der Waals surface area contributed by atoms with Crippen LogP contribution in [0, 0.1) is 13.8 Å². The number of esters is 1. The fraction of sp³-hybridized carbons (Fsp3) is 0.450. The molecule has 1 amide bonds. The Morgan fingerprint density at radius 1 is 1.23 bits per heavy atom. The summed E-state index contributed by atoms with van der Waals surface area (Å²) in [6.45, 7) is 4.49. The maximum atomic E-state index is 12.7. The van der Waals surface area contributed by atoms with Gasteiger partial charge in [-0.25, -0.2) is 9.78 Å². The molecule has 0 atom stereocenters. The van der Waals surface area contributed by atoms with Crippen molar-refractivity contribution in [1.29, 1.82) is 0 Å². The number of rotatable bonds is 4. The number of aryl methyl sites for hydroxylation is 1. The van der Waals surface area contributed by atoms with Gasteiger partial charge in [-0.3, -0.25) is 4.79 Å². The van der Waals surface area contributed by atoms with Crippen molar-refractivity contribution in [1.82, 2.24) is 15.3 Å². The summed E-state index contributed by atoms with van der Waals surface area (Å²) >= 11 is 0. The van der Waals surface area contributed by atoms with E-state index in [0.717, 1.165) is 12.3 Å². The van der Waals surface area contributed by atoms with Crippen molar-refractivity contribution in [2.24, 2.45) is 0 Å². The standard InChI is InChI=1S/C20H23F3N4O3/c1-11-16(19(29)30-3)12(2)25-17(11)18(28)26-14-6-8-27(9-7-14)15-5-4-13(10-24-15)20(21,22)23/h4-5,10,14,25H,6-9H2,1-3H3,(H,26,28). The summed E-state index contributed by atoms with van der Waals surface area (Å²) in [5, 5.41) is 2.96. The van der Waals surface area contributed by atoms with Gasteiger partial charge in [0.25, 0.3) is 5.91 Å². The summed E-state index contributed by atoms with van der Waals surface area (Å²) in [6.07, 6.45) is -2.34. The predicted molar refractivity (Wildman–Crippen MR) is 104 cm³/mol. The number of halogens is 3. The molecular formula is C20H23F3N4O3. The lowest BCUT2D eigenvalue weighted by Crippen LogP contribution is -2.45. The number of aromatic nitrogens is 2. The Morgan fingerprint density at radius 2 is 1.90 bits per heavy atom. The first-order chi connectivity index (χ1) is 14.1. The van der Waals surface area contributed by atoms with E-state index in [1.807, 2.05) is 4.90 Å². The van der Waals surface area contributed by atoms with E-state index >= 15 is 0 Å². The third kappa shape index (κ3) is 4.42. The zero-order valence-corrected chi connectivity index (χ0v) is 16.9. The molecule has 30 heavy (non-hydrogen) atoms. The van der Waals surface area contributed by atoms with Gasteiger partial charge in [0.15, 0.2) is 0 Å². The normalized spacial score (nSPS) is 15.2. The van der Waals surface area contributed by atoms with Crippen LogP contribution in [-0.4, -0.2) is 48.1 Å². The minimum absolute atomic E-state index is 0.0900. The molecule has 162 valence electrons. The molecule has 2 N–H and O–H groups in total. The van der Waals surface area contributed by atoms with E-state index in [0.29, 0.717) is 54.3 Å². The van der Waals surface area contributed by atoms with E-state index in [4.69, 9.17) is 4.74 Å². The van der Waals surface area contributed by atoms with Crippen LogP contribution in [0.3, 0.4) is 0 Å². The summed E-state index contributed by atoms with van der Waals surface area (Å²) in [4.78, 5) is 33.3. The molecule has 0 radical (unpaired) electrons. The third-order valence-corrected chi connectivity index (χ3v) is 5.28. The lowest BCUT2D eigenvalue weighted by molar-refractivity contribution is -0.137. The van der Waals surface area contributed by atoms with E-state index < -0.39 is 17.7 Å². The Labute approximate surface area is 171 Å². The number of amides is 1. The molecule has 1 aliphatic rings. The summed E-state index contributed by atoms with van der Waals surface area (Å²) in [5.74, 6) is -0.333. The van der Waals surface area contributed by atoms with Crippen molar-refractivity contribution in [3.05, 3.63) is 46.4 Å². The van der Waals surface area contributed by atoms with Crippen LogP contribution >= 0.6 is 0 Å². The highest BCUT2D eigenvalue weighted by atomic mass is 19.4. The number of nitrogens with one attached hydrogen (secondary N) is 2. The van der Waals surface area contributed by atoms with Gasteiger partial charge in [0.05, 0.1) is 18.2 Å². The van der Waals surface area contributed by atoms with Gasteiger partial charge in [-0.05, 0) is 44.4 Å². The minimum atomic E-state index is -4.41. The van der Waals surface area contributed by atoms with Gasteiger partial charge in [0.2, 0.25) is 0 Å². The van der Waals surface area contributed by atoms with E-state index in [-0.39, 0.29) is 11.9 Å². The molecule has 1 aliphatic heterocycles.